The lowest BCUT2D eigenvalue weighted by Gasteiger charge is -1.87. The Morgan fingerprint density at radius 2 is 2.50 bits per heavy atom. The van der Waals surface area contributed by atoms with E-state index in [0.29, 0.717) is 6.54 Å². The predicted molar refractivity (Wildman–Crippen MR) is 36.1 cm³/mol. The summed E-state index contributed by atoms with van der Waals surface area (Å²) in [5, 5.41) is 0.206. The van der Waals surface area contributed by atoms with Crippen molar-refractivity contribution in [3.05, 3.63) is 10.4 Å². The van der Waals surface area contributed by atoms with Gasteiger partial charge in [0, 0.05) is 6.54 Å². The van der Waals surface area contributed by atoms with Crippen LogP contribution in [-0.2, 0) is 16.6 Å². The summed E-state index contributed by atoms with van der Waals surface area (Å²) in [5.74, 6) is 0. The molecular weight excluding hydrogens is 172 g/mol. The van der Waals surface area contributed by atoms with E-state index >= 15 is 0 Å². The topological polar surface area (TPSA) is 59.1 Å². The van der Waals surface area contributed by atoms with Crippen LogP contribution in [0.3, 0.4) is 0 Å². The van der Waals surface area contributed by atoms with Crippen LogP contribution in [-0.4, -0.2) is 13.4 Å². The molecule has 6 heteroatoms. The first-order chi connectivity index (χ1) is 4.70. The molecule has 1 aromatic rings. The van der Waals surface area contributed by atoms with Gasteiger partial charge in [0.05, 0.1) is 10.4 Å². The molecule has 0 radical (unpaired) electrons. The Kier molecular flexibility index (Phi) is 1.11. The van der Waals surface area contributed by atoms with E-state index in [2.05, 4.69) is 9.71 Å². The van der Waals surface area contributed by atoms with Gasteiger partial charge < -0.3 is 0 Å². The van der Waals surface area contributed by atoms with Crippen molar-refractivity contribution in [3.8, 4) is 0 Å². The highest BCUT2D eigenvalue weighted by Gasteiger charge is 2.27. The van der Waals surface area contributed by atoms with Gasteiger partial charge in [-0.05, 0) is 0 Å². The van der Waals surface area contributed by atoms with Crippen molar-refractivity contribution in [2.75, 3.05) is 0 Å². The van der Waals surface area contributed by atoms with Gasteiger partial charge in [0.2, 0.25) is 0 Å². The van der Waals surface area contributed by atoms with Crippen LogP contribution < -0.4 is 4.72 Å². The highest BCUT2D eigenvalue weighted by Crippen LogP contribution is 2.23. The van der Waals surface area contributed by atoms with Crippen molar-refractivity contribution in [1.29, 1.82) is 0 Å². The molecule has 1 N–H and O–H groups in total. The minimum Gasteiger partial charge on any atom is -0.232 e. The van der Waals surface area contributed by atoms with E-state index in [9.17, 15) is 8.42 Å². The minimum absolute atomic E-state index is 0.206. The van der Waals surface area contributed by atoms with E-state index in [1.807, 2.05) is 0 Å². The second-order valence-electron chi connectivity index (χ2n) is 1.91. The molecule has 0 unspecified atom stereocenters. The Morgan fingerprint density at radius 3 is 3.20 bits per heavy atom. The molecule has 1 aliphatic rings. The molecule has 0 aliphatic carbocycles. The molecule has 0 spiro atoms. The predicted octanol–water partition coefficient (Wildman–Crippen LogP) is -0.0650. The smallest absolute Gasteiger partial charge is 0.232 e. The molecule has 0 saturated heterocycles. The molecule has 2 heterocycles. The standard InChI is InChI=1S/C4H4N2O2S2/c7-10(8)4-3(1-6-10)9-2-5-4/h2,6H,1H2. The summed E-state index contributed by atoms with van der Waals surface area (Å²) in [6.45, 7) is 0.405. The number of nitrogens with one attached hydrogen (secondary N) is 1. The lowest BCUT2D eigenvalue weighted by molar-refractivity contribution is 0.587. The second-order valence-corrected chi connectivity index (χ2v) is 4.53. The summed E-state index contributed by atoms with van der Waals surface area (Å²) in [4.78, 5) is 4.52. The fraction of sp³-hybridized carbons (Fsp3) is 0.250. The Hall–Kier alpha value is -0.460. The van der Waals surface area contributed by atoms with Crippen LogP contribution in [0.15, 0.2) is 10.5 Å². The molecular formula is C4H4N2O2S2. The third-order valence-electron chi connectivity index (χ3n) is 1.28. The molecule has 0 aromatic carbocycles. The second kappa shape index (κ2) is 1.77. The van der Waals surface area contributed by atoms with Gasteiger partial charge in [-0.3, -0.25) is 0 Å². The normalized spacial score (nSPS) is 20.8. The maximum absolute atomic E-state index is 10.9. The largest absolute Gasteiger partial charge is 0.259 e. The molecule has 0 saturated carbocycles. The number of sulfonamides is 1. The number of hydrogen-bond donors (Lipinski definition) is 1. The summed E-state index contributed by atoms with van der Waals surface area (Å²) < 4.78 is 24.3. The highest BCUT2D eigenvalue weighted by molar-refractivity contribution is 7.89. The summed E-state index contributed by atoms with van der Waals surface area (Å²) in [7, 11) is -3.21. The maximum atomic E-state index is 10.9. The van der Waals surface area contributed by atoms with Crippen molar-refractivity contribution < 1.29 is 8.42 Å². The molecule has 0 amide bonds. The molecule has 0 bridgehead atoms. The van der Waals surface area contributed by atoms with Gasteiger partial charge in [-0.25, -0.2) is 18.1 Å². The quantitative estimate of drug-likeness (QED) is 0.602. The van der Waals surface area contributed by atoms with Gasteiger partial charge in [-0.1, -0.05) is 0 Å². The van der Waals surface area contributed by atoms with Gasteiger partial charge in [0.25, 0.3) is 10.0 Å². The van der Waals surface area contributed by atoms with Crippen molar-refractivity contribution in [2.45, 2.75) is 11.6 Å². The van der Waals surface area contributed by atoms with Gasteiger partial charge in [0.1, 0.15) is 0 Å². The van der Waals surface area contributed by atoms with Crippen LogP contribution in [0.5, 0.6) is 0 Å². The first-order valence-corrected chi connectivity index (χ1v) is 4.98. The molecule has 4 nitrogen and oxygen atoms in total. The Balaban J connectivity index is 2.76. The Bertz CT molecular complexity index is 353. The molecule has 0 atom stereocenters. The molecule has 10 heavy (non-hydrogen) atoms. The van der Waals surface area contributed by atoms with Gasteiger partial charge in [0.15, 0.2) is 5.03 Å². The summed E-state index contributed by atoms with van der Waals surface area (Å²) in [5.41, 5.74) is 1.54. The first-order valence-electron chi connectivity index (χ1n) is 2.62. The number of aromatic nitrogens is 1. The SMILES string of the molecule is O=S1(=O)NCc2scnc21. The minimum atomic E-state index is -3.21. The molecule has 1 aliphatic heterocycles. The van der Waals surface area contributed by atoms with Crippen molar-refractivity contribution >= 4 is 21.4 Å². The van der Waals surface area contributed by atoms with Gasteiger partial charge in [-0.2, -0.15) is 0 Å². The molecule has 0 fully saturated rings. The molecule has 54 valence electrons. The van der Waals surface area contributed by atoms with Gasteiger partial charge >= 0.3 is 0 Å². The summed E-state index contributed by atoms with van der Waals surface area (Å²) >= 11 is 1.36. The van der Waals surface area contributed by atoms with E-state index in [4.69, 9.17) is 0 Å². The Morgan fingerprint density at radius 1 is 1.70 bits per heavy atom. The van der Waals surface area contributed by atoms with Crippen molar-refractivity contribution in [1.82, 2.24) is 9.71 Å². The average Bonchev–Trinajstić information content (AvgIpc) is 2.36. The van der Waals surface area contributed by atoms with E-state index in [-0.39, 0.29) is 5.03 Å². The number of fused-ring (bicyclic) bond motifs is 1. The maximum Gasteiger partial charge on any atom is 0.259 e. The van der Waals surface area contributed by atoms with E-state index in [1.54, 1.807) is 5.51 Å². The van der Waals surface area contributed by atoms with Crippen molar-refractivity contribution in [2.24, 2.45) is 0 Å². The monoisotopic (exact) mass is 176 g/mol. The molecule has 2 rings (SSSR count). The van der Waals surface area contributed by atoms with Crippen LogP contribution in [0.2, 0.25) is 0 Å². The van der Waals surface area contributed by atoms with Crippen LogP contribution >= 0.6 is 11.3 Å². The van der Waals surface area contributed by atoms with E-state index < -0.39 is 10.0 Å². The van der Waals surface area contributed by atoms with Crippen LogP contribution in [0, 0.1) is 0 Å². The van der Waals surface area contributed by atoms with Gasteiger partial charge in [-0.15, -0.1) is 11.3 Å². The zero-order valence-electron chi connectivity index (χ0n) is 4.86. The summed E-state index contributed by atoms with van der Waals surface area (Å²) in [6.07, 6.45) is 0. The lowest BCUT2D eigenvalue weighted by atomic mass is 10.6. The summed E-state index contributed by atoms with van der Waals surface area (Å²) in [6, 6.07) is 0. The van der Waals surface area contributed by atoms with Crippen molar-refractivity contribution in [3.63, 3.8) is 0 Å². The van der Waals surface area contributed by atoms with E-state index in [1.165, 1.54) is 11.3 Å². The number of hydrogen-bond acceptors (Lipinski definition) is 4. The van der Waals surface area contributed by atoms with E-state index in [0.717, 1.165) is 4.88 Å². The third-order valence-corrected chi connectivity index (χ3v) is 3.63. The number of thiazole rings is 1. The lowest BCUT2D eigenvalue weighted by Crippen LogP contribution is -2.14. The highest BCUT2D eigenvalue weighted by atomic mass is 32.2. The van der Waals surface area contributed by atoms with Crippen LogP contribution in [0.1, 0.15) is 4.88 Å². The first kappa shape index (κ1) is 6.26. The number of rotatable bonds is 0. The van der Waals surface area contributed by atoms with Crippen LogP contribution in [0.4, 0.5) is 0 Å². The fourth-order valence-electron chi connectivity index (χ4n) is 0.826. The Labute approximate surface area is 62.0 Å². The fourth-order valence-corrected chi connectivity index (χ4v) is 3.09. The zero-order chi connectivity index (χ0) is 7.19. The average molecular weight is 176 g/mol. The zero-order valence-corrected chi connectivity index (χ0v) is 6.50. The van der Waals surface area contributed by atoms with Crippen LogP contribution in [0.25, 0.3) is 0 Å². The molecule has 1 aromatic heterocycles. The third kappa shape index (κ3) is 0.695. The number of nitrogens with zero attached hydrogens (tertiary/aromatic N) is 1.